The Kier molecular flexibility index (Phi) is 4.31. The molecule has 0 radical (unpaired) electrons. The fourth-order valence-corrected chi connectivity index (χ4v) is 2.27. The highest BCUT2D eigenvalue weighted by Crippen LogP contribution is 2.19. The number of rotatable bonds is 5. The second kappa shape index (κ2) is 5.96. The second-order valence-electron chi connectivity index (χ2n) is 4.15. The fourth-order valence-electron chi connectivity index (χ4n) is 2.02. The van der Waals surface area contributed by atoms with Gasteiger partial charge in [-0.15, -0.1) is 0 Å². The zero-order valence-electron chi connectivity index (χ0n) is 10.7. The van der Waals surface area contributed by atoms with Gasteiger partial charge in [-0.1, -0.05) is 24.9 Å². The topological polar surface area (TPSA) is 43.6 Å². The molecule has 0 atom stereocenters. The van der Waals surface area contributed by atoms with Crippen molar-refractivity contribution in [2.75, 3.05) is 0 Å². The smallest absolute Gasteiger partial charge is 0.135 e. The highest BCUT2D eigenvalue weighted by molar-refractivity contribution is 6.30. The van der Waals surface area contributed by atoms with Gasteiger partial charge in [-0.25, -0.2) is 15.0 Å². The zero-order valence-corrected chi connectivity index (χ0v) is 11.5. The highest BCUT2D eigenvalue weighted by atomic mass is 35.5. The molecule has 18 heavy (non-hydrogen) atoms. The minimum Gasteiger partial charge on any atom is -0.335 e. The summed E-state index contributed by atoms with van der Waals surface area (Å²) in [5.41, 5.74) is 2.03. The largest absolute Gasteiger partial charge is 0.335 e. The molecule has 0 saturated heterocycles. The summed E-state index contributed by atoms with van der Waals surface area (Å²) in [5.74, 6) is 1.02. The molecule has 2 aromatic rings. The quantitative estimate of drug-likeness (QED) is 0.780. The predicted molar refractivity (Wildman–Crippen MR) is 71.7 cm³/mol. The summed E-state index contributed by atoms with van der Waals surface area (Å²) in [6.45, 7) is 5.14. The molecule has 0 unspecified atom stereocenters. The van der Waals surface area contributed by atoms with E-state index in [0.29, 0.717) is 11.6 Å². The van der Waals surface area contributed by atoms with E-state index in [9.17, 15) is 0 Å². The first-order chi connectivity index (χ1) is 8.76. The maximum Gasteiger partial charge on any atom is 0.135 e. The first-order valence-electron chi connectivity index (χ1n) is 6.24. The third-order valence-electron chi connectivity index (χ3n) is 2.95. The van der Waals surface area contributed by atoms with Crippen molar-refractivity contribution in [2.45, 2.75) is 39.7 Å². The van der Waals surface area contributed by atoms with Crippen molar-refractivity contribution >= 4 is 11.6 Å². The molecular weight excluding hydrogens is 248 g/mol. The molecule has 0 aliphatic heterocycles. The van der Waals surface area contributed by atoms with Crippen LogP contribution in [0.15, 0.2) is 18.7 Å². The zero-order chi connectivity index (χ0) is 13.0. The van der Waals surface area contributed by atoms with Gasteiger partial charge >= 0.3 is 0 Å². The average Bonchev–Trinajstić information content (AvgIpc) is 2.81. The monoisotopic (exact) mass is 264 g/mol. The van der Waals surface area contributed by atoms with E-state index in [1.807, 2.05) is 12.4 Å². The van der Waals surface area contributed by atoms with E-state index in [1.54, 1.807) is 0 Å². The van der Waals surface area contributed by atoms with Crippen LogP contribution in [0.25, 0.3) is 0 Å². The normalized spacial score (nSPS) is 10.8. The Labute approximate surface area is 112 Å². The van der Waals surface area contributed by atoms with E-state index in [2.05, 4.69) is 33.4 Å². The summed E-state index contributed by atoms with van der Waals surface area (Å²) >= 11 is 6.14. The lowest BCUT2D eigenvalue weighted by molar-refractivity contribution is 0.704. The summed E-state index contributed by atoms with van der Waals surface area (Å²) in [5, 5.41) is 0.566. The molecule has 5 heteroatoms. The number of hydrogen-bond donors (Lipinski definition) is 0. The molecular formula is C13H17ClN4. The summed E-state index contributed by atoms with van der Waals surface area (Å²) in [6, 6.07) is 0. The van der Waals surface area contributed by atoms with E-state index >= 15 is 0 Å². The number of imidazole rings is 1. The lowest BCUT2D eigenvalue weighted by Crippen LogP contribution is -2.07. The van der Waals surface area contributed by atoms with Crippen LogP contribution in [0.5, 0.6) is 0 Å². The van der Waals surface area contributed by atoms with Gasteiger partial charge in [0.25, 0.3) is 0 Å². The van der Waals surface area contributed by atoms with Crippen LogP contribution < -0.4 is 0 Å². The van der Waals surface area contributed by atoms with Crippen molar-refractivity contribution in [3.63, 3.8) is 0 Å². The summed E-state index contributed by atoms with van der Waals surface area (Å²) < 4.78 is 2.12. The second-order valence-corrected chi connectivity index (χ2v) is 4.50. The molecule has 0 aliphatic rings. The van der Waals surface area contributed by atoms with Crippen molar-refractivity contribution in [1.29, 1.82) is 0 Å². The van der Waals surface area contributed by atoms with Crippen LogP contribution in [-0.2, 0) is 19.4 Å². The number of nitrogens with zero attached hydrogens (tertiary/aromatic N) is 4. The van der Waals surface area contributed by atoms with Crippen LogP contribution in [0.2, 0.25) is 5.15 Å². The molecule has 0 amide bonds. The first-order valence-corrected chi connectivity index (χ1v) is 6.62. The van der Waals surface area contributed by atoms with Gasteiger partial charge < -0.3 is 4.57 Å². The molecule has 0 bridgehead atoms. The SMILES string of the molecule is CCCc1c(Cl)ncnc1Cc1nccn1CC. The van der Waals surface area contributed by atoms with Crippen LogP contribution in [0, 0.1) is 0 Å². The van der Waals surface area contributed by atoms with Crippen molar-refractivity contribution in [1.82, 2.24) is 19.5 Å². The van der Waals surface area contributed by atoms with Gasteiger partial charge in [0.15, 0.2) is 0 Å². The van der Waals surface area contributed by atoms with Gasteiger partial charge in [-0.05, 0) is 13.3 Å². The Morgan fingerprint density at radius 3 is 2.78 bits per heavy atom. The molecule has 0 aliphatic carbocycles. The predicted octanol–water partition coefficient (Wildman–Crippen LogP) is 2.89. The summed E-state index contributed by atoms with van der Waals surface area (Å²) in [4.78, 5) is 12.8. The lowest BCUT2D eigenvalue weighted by Gasteiger charge is -2.09. The molecule has 4 nitrogen and oxygen atoms in total. The van der Waals surface area contributed by atoms with Crippen LogP contribution in [0.4, 0.5) is 0 Å². The standard InChI is InChI=1S/C13H17ClN4/c1-3-5-10-11(16-9-17-13(10)14)8-12-15-6-7-18(12)4-2/h6-7,9H,3-5,8H2,1-2H3. The number of halogens is 1. The number of aromatic nitrogens is 4. The van der Waals surface area contributed by atoms with E-state index in [0.717, 1.165) is 36.5 Å². The van der Waals surface area contributed by atoms with Crippen molar-refractivity contribution in [3.8, 4) is 0 Å². The van der Waals surface area contributed by atoms with Gasteiger partial charge in [0.05, 0.1) is 5.69 Å². The highest BCUT2D eigenvalue weighted by Gasteiger charge is 2.12. The Hall–Kier alpha value is -1.42. The van der Waals surface area contributed by atoms with Crippen molar-refractivity contribution < 1.29 is 0 Å². The van der Waals surface area contributed by atoms with Gasteiger partial charge in [0.2, 0.25) is 0 Å². The van der Waals surface area contributed by atoms with E-state index in [1.165, 1.54) is 6.33 Å². The van der Waals surface area contributed by atoms with Crippen LogP contribution >= 0.6 is 11.6 Å². The molecule has 0 fully saturated rings. The van der Waals surface area contributed by atoms with Gasteiger partial charge in [0.1, 0.15) is 17.3 Å². The van der Waals surface area contributed by atoms with Gasteiger partial charge in [-0.3, -0.25) is 0 Å². The maximum atomic E-state index is 6.14. The molecule has 0 N–H and O–H groups in total. The van der Waals surface area contributed by atoms with Crippen molar-refractivity contribution in [2.24, 2.45) is 0 Å². The lowest BCUT2D eigenvalue weighted by atomic mass is 10.1. The Balaban J connectivity index is 2.31. The number of aryl methyl sites for hydroxylation is 1. The molecule has 0 aromatic carbocycles. The van der Waals surface area contributed by atoms with Crippen molar-refractivity contribution in [3.05, 3.63) is 41.0 Å². The molecule has 2 aromatic heterocycles. The van der Waals surface area contributed by atoms with E-state index in [4.69, 9.17) is 11.6 Å². The van der Waals surface area contributed by atoms with Crippen LogP contribution in [0.3, 0.4) is 0 Å². The van der Waals surface area contributed by atoms with Crippen LogP contribution in [-0.4, -0.2) is 19.5 Å². The number of hydrogen-bond acceptors (Lipinski definition) is 3. The Bertz CT molecular complexity index is 521. The molecule has 96 valence electrons. The Morgan fingerprint density at radius 2 is 2.06 bits per heavy atom. The van der Waals surface area contributed by atoms with Gasteiger partial charge in [-0.2, -0.15) is 0 Å². The minimum absolute atomic E-state index is 0.566. The third kappa shape index (κ3) is 2.70. The maximum absolute atomic E-state index is 6.14. The first kappa shape index (κ1) is 13.0. The van der Waals surface area contributed by atoms with E-state index < -0.39 is 0 Å². The molecule has 2 heterocycles. The van der Waals surface area contributed by atoms with E-state index in [-0.39, 0.29) is 0 Å². The van der Waals surface area contributed by atoms with Gasteiger partial charge in [0, 0.05) is 30.9 Å². The fraction of sp³-hybridized carbons (Fsp3) is 0.462. The minimum atomic E-state index is 0.566. The Morgan fingerprint density at radius 1 is 1.22 bits per heavy atom. The van der Waals surface area contributed by atoms with Crippen LogP contribution in [0.1, 0.15) is 37.4 Å². The molecule has 2 rings (SSSR count). The molecule has 0 spiro atoms. The molecule has 0 saturated carbocycles. The summed E-state index contributed by atoms with van der Waals surface area (Å²) in [7, 11) is 0. The average molecular weight is 265 g/mol. The summed E-state index contributed by atoms with van der Waals surface area (Å²) in [6.07, 6.45) is 7.97. The third-order valence-corrected chi connectivity index (χ3v) is 3.28.